The Hall–Kier alpha value is -1.22. The van der Waals surface area contributed by atoms with Crippen molar-refractivity contribution >= 4 is 23.3 Å². The SMILES string of the molecule is CCOC(=O)c1cc(Cl)ccc1N. The molecule has 0 spiro atoms. The Bertz CT molecular complexity index is 325. The number of esters is 1. The highest BCUT2D eigenvalue weighted by molar-refractivity contribution is 6.31. The minimum Gasteiger partial charge on any atom is -0.462 e. The van der Waals surface area contributed by atoms with E-state index in [1.165, 1.54) is 6.07 Å². The monoisotopic (exact) mass is 199 g/mol. The zero-order chi connectivity index (χ0) is 9.84. The van der Waals surface area contributed by atoms with E-state index in [2.05, 4.69) is 0 Å². The van der Waals surface area contributed by atoms with Gasteiger partial charge in [0.25, 0.3) is 0 Å². The van der Waals surface area contributed by atoms with Crippen molar-refractivity contribution in [2.75, 3.05) is 12.3 Å². The first-order chi connectivity index (χ1) is 6.15. The summed E-state index contributed by atoms with van der Waals surface area (Å²) < 4.78 is 4.79. The van der Waals surface area contributed by atoms with Crippen molar-refractivity contribution in [2.45, 2.75) is 6.92 Å². The van der Waals surface area contributed by atoms with Crippen LogP contribution in [0.2, 0.25) is 5.02 Å². The Balaban J connectivity index is 2.99. The highest BCUT2D eigenvalue weighted by atomic mass is 35.5. The molecule has 1 rings (SSSR count). The fourth-order valence-corrected chi connectivity index (χ4v) is 1.09. The Kier molecular flexibility index (Phi) is 3.14. The lowest BCUT2D eigenvalue weighted by atomic mass is 10.2. The van der Waals surface area contributed by atoms with Gasteiger partial charge in [-0.05, 0) is 25.1 Å². The van der Waals surface area contributed by atoms with Gasteiger partial charge in [-0.2, -0.15) is 0 Å². The third-order valence-electron chi connectivity index (χ3n) is 1.51. The van der Waals surface area contributed by atoms with E-state index in [0.717, 1.165) is 0 Å². The molecular formula is C9H10ClNO2. The molecule has 0 aliphatic rings. The Morgan fingerprint density at radius 2 is 2.31 bits per heavy atom. The molecule has 0 atom stereocenters. The number of nitrogen functional groups attached to an aromatic ring is 1. The zero-order valence-corrected chi connectivity index (χ0v) is 7.97. The predicted molar refractivity (Wildman–Crippen MR) is 51.8 cm³/mol. The topological polar surface area (TPSA) is 52.3 Å². The number of benzene rings is 1. The van der Waals surface area contributed by atoms with Gasteiger partial charge in [-0.1, -0.05) is 11.6 Å². The molecule has 0 saturated carbocycles. The third-order valence-corrected chi connectivity index (χ3v) is 1.75. The van der Waals surface area contributed by atoms with Crippen LogP contribution in [-0.4, -0.2) is 12.6 Å². The Morgan fingerprint density at radius 1 is 1.62 bits per heavy atom. The maximum Gasteiger partial charge on any atom is 0.340 e. The quantitative estimate of drug-likeness (QED) is 0.586. The molecule has 0 bridgehead atoms. The van der Waals surface area contributed by atoms with Crippen LogP contribution in [0.5, 0.6) is 0 Å². The number of nitrogens with two attached hydrogens (primary N) is 1. The van der Waals surface area contributed by atoms with Crippen molar-refractivity contribution in [3.63, 3.8) is 0 Å². The molecule has 0 aliphatic carbocycles. The van der Waals surface area contributed by atoms with Crippen molar-refractivity contribution in [3.8, 4) is 0 Å². The van der Waals surface area contributed by atoms with Crippen LogP contribution >= 0.6 is 11.6 Å². The third kappa shape index (κ3) is 2.36. The second-order valence-corrected chi connectivity index (χ2v) is 2.89. The molecule has 1 aromatic rings. The molecule has 0 radical (unpaired) electrons. The van der Waals surface area contributed by atoms with E-state index < -0.39 is 5.97 Å². The van der Waals surface area contributed by atoms with Gasteiger partial charge in [0.15, 0.2) is 0 Å². The summed E-state index contributed by atoms with van der Waals surface area (Å²) in [5, 5.41) is 0.470. The van der Waals surface area contributed by atoms with E-state index in [0.29, 0.717) is 22.9 Å². The maximum atomic E-state index is 11.3. The lowest BCUT2D eigenvalue weighted by molar-refractivity contribution is 0.0527. The lowest BCUT2D eigenvalue weighted by Gasteiger charge is -2.04. The highest BCUT2D eigenvalue weighted by Gasteiger charge is 2.10. The number of carbonyl (C=O) groups is 1. The normalized spacial score (nSPS) is 9.69. The van der Waals surface area contributed by atoms with Crippen molar-refractivity contribution in [1.82, 2.24) is 0 Å². The van der Waals surface area contributed by atoms with Gasteiger partial charge in [0, 0.05) is 10.7 Å². The number of hydrogen-bond donors (Lipinski definition) is 1. The second kappa shape index (κ2) is 4.14. The van der Waals surface area contributed by atoms with Gasteiger partial charge < -0.3 is 10.5 Å². The van der Waals surface area contributed by atoms with Gasteiger partial charge in [0.2, 0.25) is 0 Å². The van der Waals surface area contributed by atoms with Crippen LogP contribution in [0, 0.1) is 0 Å². The predicted octanol–water partition coefficient (Wildman–Crippen LogP) is 2.10. The summed E-state index contributed by atoms with van der Waals surface area (Å²) in [4.78, 5) is 11.3. The lowest BCUT2D eigenvalue weighted by Crippen LogP contribution is -2.07. The van der Waals surface area contributed by atoms with Crippen molar-refractivity contribution in [2.24, 2.45) is 0 Å². The largest absolute Gasteiger partial charge is 0.462 e. The van der Waals surface area contributed by atoms with Crippen LogP contribution in [0.3, 0.4) is 0 Å². The first-order valence-corrected chi connectivity index (χ1v) is 4.25. The van der Waals surface area contributed by atoms with E-state index >= 15 is 0 Å². The number of hydrogen-bond acceptors (Lipinski definition) is 3. The second-order valence-electron chi connectivity index (χ2n) is 2.45. The summed E-state index contributed by atoms with van der Waals surface area (Å²) >= 11 is 5.70. The van der Waals surface area contributed by atoms with Crippen LogP contribution in [0.1, 0.15) is 17.3 Å². The minimum absolute atomic E-state index is 0.314. The summed E-state index contributed by atoms with van der Waals surface area (Å²) in [6, 6.07) is 4.70. The molecule has 0 saturated heterocycles. The molecule has 0 aromatic heterocycles. The van der Waals surface area contributed by atoms with Gasteiger partial charge >= 0.3 is 5.97 Å². The number of ether oxygens (including phenoxy) is 1. The standard InChI is InChI=1S/C9H10ClNO2/c1-2-13-9(12)7-5-6(10)3-4-8(7)11/h3-5H,2,11H2,1H3. The van der Waals surface area contributed by atoms with Gasteiger partial charge in [-0.25, -0.2) is 4.79 Å². The Morgan fingerprint density at radius 3 is 2.92 bits per heavy atom. The molecule has 0 fully saturated rings. The average molecular weight is 200 g/mol. The van der Waals surface area contributed by atoms with Crippen molar-refractivity contribution in [3.05, 3.63) is 28.8 Å². The van der Waals surface area contributed by atoms with Crippen molar-refractivity contribution in [1.29, 1.82) is 0 Å². The molecule has 70 valence electrons. The summed E-state index contributed by atoms with van der Waals surface area (Å²) in [6.45, 7) is 2.06. The van der Waals surface area contributed by atoms with Crippen LogP contribution < -0.4 is 5.73 Å². The van der Waals surface area contributed by atoms with E-state index in [9.17, 15) is 4.79 Å². The van der Waals surface area contributed by atoms with Crippen LogP contribution in [0.4, 0.5) is 5.69 Å². The molecule has 0 heterocycles. The van der Waals surface area contributed by atoms with Crippen LogP contribution in [0.25, 0.3) is 0 Å². The van der Waals surface area contributed by atoms with Crippen molar-refractivity contribution < 1.29 is 9.53 Å². The van der Waals surface area contributed by atoms with Gasteiger partial charge in [-0.15, -0.1) is 0 Å². The van der Waals surface area contributed by atoms with Gasteiger partial charge in [0.1, 0.15) is 0 Å². The number of halogens is 1. The summed E-state index contributed by atoms with van der Waals surface area (Å²) in [5.74, 6) is -0.442. The van der Waals surface area contributed by atoms with Crippen LogP contribution in [0.15, 0.2) is 18.2 Å². The van der Waals surface area contributed by atoms with E-state index in [1.54, 1.807) is 19.1 Å². The van der Waals surface area contributed by atoms with E-state index in [4.69, 9.17) is 22.1 Å². The molecule has 4 heteroatoms. The molecule has 1 aromatic carbocycles. The van der Waals surface area contributed by atoms with Crippen LogP contribution in [-0.2, 0) is 4.74 Å². The fourth-order valence-electron chi connectivity index (χ4n) is 0.914. The maximum absolute atomic E-state index is 11.3. The Labute approximate surface area is 81.4 Å². The number of carbonyl (C=O) groups excluding carboxylic acids is 1. The summed E-state index contributed by atoms with van der Waals surface area (Å²) in [5.41, 5.74) is 6.25. The summed E-state index contributed by atoms with van der Waals surface area (Å²) in [6.07, 6.45) is 0. The molecular weight excluding hydrogens is 190 g/mol. The molecule has 2 N–H and O–H groups in total. The fraction of sp³-hybridized carbons (Fsp3) is 0.222. The van der Waals surface area contributed by atoms with E-state index in [1.807, 2.05) is 0 Å². The van der Waals surface area contributed by atoms with Gasteiger partial charge in [0.05, 0.1) is 12.2 Å². The average Bonchev–Trinajstić information content (AvgIpc) is 2.09. The highest BCUT2D eigenvalue weighted by Crippen LogP contribution is 2.18. The van der Waals surface area contributed by atoms with E-state index in [-0.39, 0.29) is 0 Å². The molecule has 0 amide bonds. The molecule has 3 nitrogen and oxygen atoms in total. The van der Waals surface area contributed by atoms with Gasteiger partial charge in [-0.3, -0.25) is 0 Å². The molecule has 0 aliphatic heterocycles. The molecule has 0 unspecified atom stereocenters. The minimum atomic E-state index is -0.442. The number of anilines is 1. The zero-order valence-electron chi connectivity index (χ0n) is 7.21. The first kappa shape index (κ1) is 9.86. The smallest absolute Gasteiger partial charge is 0.340 e. The molecule has 13 heavy (non-hydrogen) atoms. The number of rotatable bonds is 2. The summed E-state index contributed by atoms with van der Waals surface area (Å²) in [7, 11) is 0. The first-order valence-electron chi connectivity index (χ1n) is 3.87.